The summed E-state index contributed by atoms with van der Waals surface area (Å²) in [4.78, 5) is 14.5. The molecule has 6 heteroatoms. The Labute approximate surface area is 253 Å². The van der Waals surface area contributed by atoms with Crippen LogP contribution in [0.2, 0.25) is 0 Å². The Kier molecular flexibility index (Phi) is 8.96. The average Bonchev–Trinajstić information content (AvgIpc) is 3.27. The van der Waals surface area contributed by atoms with Crippen LogP contribution >= 0.6 is 0 Å². The third-order valence-corrected chi connectivity index (χ3v) is 6.83. The number of furan rings is 1. The Balaban J connectivity index is 0.000000434. The van der Waals surface area contributed by atoms with Gasteiger partial charge in [-0.05, 0) is 72.4 Å². The van der Waals surface area contributed by atoms with E-state index < -0.39 is 0 Å². The predicted molar refractivity (Wildman–Crippen MR) is 162 cm³/mol. The van der Waals surface area contributed by atoms with Crippen LogP contribution in [0.1, 0.15) is 38.8 Å². The van der Waals surface area contributed by atoms with Crippen molar-refractivity contribution in [3.05, 3.63) is 103 Å². The molecule has 0 saturated heterocycles. The van der Waals surface area contributed by atoms with Gasteiger partial charge in [0.25, 0.3) is 0 Å². The van der Waals surface area contributed by atoms with Gasteiger partial charge in [-0.1, -0.05) is 56.5 Å². The van der Waals surface area contributed by atoms with Gasteiger partial charge in [0.2, 0.25) is 5.71 Å². The molecule has 0 unspecified atom stereocenters. The first-order valence-electron chi connectivity index (χ1n) is 13.4. The zero-order valence-electron chi connectivity index (χ0n) is 23.9. The number of allylic oxidation sites excluding steroid dienone is 2. The predicted octanol–water partition coefficient (Wildman–Crippen LogP) is 8.22. The van der Waals surface area contributed by atoms with Crippen LogP contribution in [0.5, 0.6) is 0 Å². The van der Waals surface area contributed by atoms with Gasteiger partial charge in [0.1, 0.15) is 11.2 Å². The summed E-state index contributed by atoms with van der Waals surface area (Å²) >= 11 is 0. The standard InChI is InChI=1S/C30H25N2O.C5H8O2.Ir/c1-18(2)14-21-17-27(32(4)26-12-11-20-8-5-6-9-22(20)28(21)26)25-16-19(3)15-24-23-10-7-13-31-30(23)33-29(24)25;1-4(6)3-5(2)7;/h5-13,15,17-18H,4,14H2,1-3H3;3,6H,1-2H3;/q-1;;/b;4-3-;. The summed E-state index contributed by atoms with van der Waals surface area (Å²) in [5.41, 5.74) is 6.88. The first-order chi connectivity index (χ1) is 19.1. The van der Waals surface area contributed by atoms with Crippen molar-refractivity contribution in [3.63, 3.8) is 0 Å². The van der Waals surface area contributed by atoms with E-state index in [2.05, 4.69) is 93.5 Å². The number of aliphatic hydroxyl groups excluding tert-OH is 1. The van der Waals surface area contributed by atoms with Gasteiger partial charge in [-0.2, -0.15) is 0 Å². The van der Waals surface area contributed by atoms with Gasteiger partial charge in [0.15, 0.2) is 5.78 Å². The van der Waals surface area contributed by atoms with E-state index in [1.165, 1.54) is 41.6 Å². The molecule has 1 radical (unpaired) electrons. The second-order valence-corrected chi connectivity index (χ2v) is 10.7. The number of nitrogens with zero attached hydrogens (tertiary/aromatic N) is 2. The van der Waals surface area contributed by atoms with E-state index >= 15 is 0 Å². The summed E-state index contributed by atoms with van der Waals surface area (Å²) < 4.78 is 8.31. The molecule has 3 aromatic heterocycles. The molecule has 0 fully saturated rings. The molecule has 6 rings (SSSR count). The van der Waals surface area contributed by atoms with E-state index in [1.54, 1.807) is 6.20 Å². The number of carbonyl (C=O) groups is 1. The number of carbonyl (C=O) groups excluding carboxylic acids is 1. The Morgan fingerprint density at radius 3 is 2.49 bits per heavy atom. The first kappa shape index (κ1) is 30.0. The Bertz CT molecular complexity index is 1930. The molecule has 0 aliphatic rings. The maximum Gasteiger partial charge on any atom is 0.216 e. The van der Waals surface area contributed by atoms with Crippen LogP contribution < -0.4 is 4.57 Å². The first-order valence-corrected chi connectivity index (χ1v) is 13.4. The fourth-order valence-electron chi connectivity index (χ4n) is 5.34. The fraction of sp³-hybridized carbons (Fsp3) is 0.200. The van der Waals surface area contributed by atoms with E-state index in [4.69, 9.17) is 9.52 Å². The molecule has 0 amide bonds. The van der Waals surface area contributed by atoms with Crippen molar-refractivity contribution in [1.82, 2.24) is 4.98 Å². The Morgan fingerprint density at radius 2 is 1.80 bits per heavy atom. The van der Waals surface area contributed by atoms with Crippen molar-refractivity contribution in [2.75, 3.05) is 0 Å². The average molecular weight is 722 g/mol. The SMILES string of the molecule is CC(=O)/C=C(/C)O.[CH2-][n+]1c(-c2[c-]c(C)cc3c2oc2ncccc23)cc(CC(C)C)c2c3ccccc3ccc21.[Ir]. The van der Waals surface area contributed by atoms with Gasteiger partial charge in [0.05, 0.1) is 11.3 Å². The number of aliphatic hydroxyl groups is 1. The second kappa shape index (κ2) is 12.3. The van der Waals surface area contributed by atoms with Gasteiger partial charge in [0, 0.05) is 50.2 Å². The van der Waals surface area contributed by atoms with Gasteiger partial charge in [-0.3, -0.25) is 4.79 Å². The molecule has 0 spiro atoms. The third kappa shape index (κ3) is 6.04. The van der Waals surface area contributed by atoms with Crippen LogP contribution in [-0.2, 0) is 31.3 Å². The zero-order chi connectivity index (χ0) is 28.6. The molecule has 6 aromatic rings. The van der Waals surface area contributed by atoms with Crippen LogP contribution in [-0.4, -0.2) is 15.9 Å². The molecular formula is C35H33IrN2O3-. The van der Waals surface area contributed by atoms with Crippen molar-refractivity contribution < 1.29 is 39.0 Å². The molecule has 5 nitrogen and oxygen atoms in total. The van der Waals surface area contributed by atoms with Crippen molar-refractivity contribution in [1.29, 1.82) is 0 Å². The minimum Gasteiger partial charge on any atom is -0.512 e. The van der Waals surface area contributed by atoms with Crippen molar-refractivity contribution in [3.8, 4) is 11.3 Å². The van der Waals surface area contributed by atoms with Gasteiger partial charge in [-0.15, -0.1) is 17.7 Å². The minimum atomic E-state index is -0.125. The topological polar surface area (TPSA) is 67.2 Å². The number of rotatable bonds is 4. The quantitative estimate of drug-likeness (QED) is 0.0656. The Hall–Kier alpha value is -3.99. The molecule has 0 bridgehead atoms. The molecule has 0 aliphatic carbocycles. The monoisotopic (exact) mass is 722 g/mol. The van der Waals surface area contributed by atoms with Crippen LogP contribution in [0.15, 0.2) is 83.1 Å². The molecule has 3 aromatic carbocycles. The number of aromatic nitrogens is 2. The summed E-state index contributed by atoms with van der Waals surface area (Å²) in [5.74, 6) is 0.463. The van der Waals surface area contributed by atoms with Crippen molar-refractivity contribution >= 4 is 49.5 Å². The van der Waals surface area contributed by atoms with Gasteiger partial charge in [-0.25, -0.2) is 4.98 Å². The molecule has 0 atom stereocenters. The minimum absolute atomic E-state index is 0. The smallest absolute Gasteiger partial charge is 0.216 e. The third-order valence-electron chi connectivity index (χ3n) is 6.83. The number of aryl methyl sites for hydroxylation is 1. The van der Waals surface area contributed by atoms with Crippen LogP contribution in [0, 0.1) is 26.0 Å². The largest absolute Gasteiger partial charge is 0.512 e. The molecule has 211 valence electrons. The maximum absolute atomic E-state index is 10.0. The number of pyridine rings is 2. The number of fused-ring (bicyclic) bond motifs is 6. The molecule has 3 heterocycles. The summed E-state index contributed by atoms with van der Waals surface area (Å²) in [6.45, 7) is 9.46. The number of benzene rings is 3. The van der Waals surface area contributed by atoms with E-state index in [0.29, 0.717) is 11.6 Å². The van der Waals surface area contributed by atoms with Gasteiger partial charge >= 0.3 is 0 Å². The molecular weight excluding hydrogens is 689 g/mol. The summed E-state index contributed by atoms with van der Waals surface area (Å²) in [5, 5.41) is 14.2. The number of ketones is 1. The van der Waals surface area contributed by atoms with Crippen LogP contribution in [0.3, 0.4) is 0 Å². The number of hydrogen-bond donors (Lipinski definition) is 1. The number of hydrogen-bond acceptors (Lipinski definition) is 4. The van der Waals surface area contributed by atoms with Crippen LogP contribution in [0.4, 0.5) is 0 Å². The van der Waals surface area contributed by atoms with E-state index in [0.717, 1.165) is 45.1 Å². The maximum atomic E-state index is 10.0. The second-order valence-electron chi connectivity index (χ2n) is 10.7. The van der Waals surface area contributed by atoms with E-state index in [-0.39, 0.29) is 31.6 Å². The van der Waals surface area contributed by atoms with E-state index in [9.17, 15) is 4.79 Å². The normalized spacial score (nSPS) is 11.6. The molecule has 1 N–H and O–H groups in total. The van der Waals surface area contributed by atoms with E-state index in [1.807, 2.05) is 10.6 Å². The van der Waals surface area contributed by atoms with Gasteiger partial charge < -0.3 is 14.1 Å². The fourth-order valence-corrected chi connectivity index (χ4v) is 5.34. The molecule has 0 aliphatic heterocycles. The summed E-state index contributed by atoms with van der Waals surface area (Å²) in [7, 11) is 4.48. The summed E-state index contributed by atoms with van der Waals surface area (Å²) in [6.07, 6.45) is 3.92. The molecule has 0 saturated carbocycles. The molecule has 41 heavy (non-hydrogen) atoms. The summed E-state index contributed by atoms with van der Waals surface area (Å²) in [6, 6.07) is 25.0. The van der Waals surface area contributed by atoms with Crippen LogP contribution in [0.25, 0.3) is 55.0 Å². The zero-order valence-corrected chi connectivity index (χ0v) is 26.3. The van der Waals surface area contributed by atoms with Crippen molar-refractivity contribution in [2.24, 2.45) is 5.92 Å². The van der Waals surface area contributed by atoms with Crippen molar-refractivity contribution in [2.45, 2.75) is 41.0 Å². The Morgan fingerprint density at radius 1 is 1.07 bits per heavy atom.